The normalized spacial score (nSPS) is 40.0. The fraction of sp³-hybridized carbons (Fsp3) is 0.647. The van der Waals surface area contributed by atoms with E-state index in [-0.39, 0.29) is 5.41 Å². The molecule has 1 atom stereocenters. The van der Waals surface area contributed by atoms with Gasteiger partial charge in [0.25, 0.3) is 0 Å². The highest BCUT2D eigenvalue weighted by molar-refractivity contribution is 6.35. The van der Waals surface area contributed by atoms with Gasteiger partial charge in [-0.1, -0.05) is 29.3 Å². The Hall–Kier alpha value is -0.240. The van der Waals surface area contributed by atoms with Gasteiger partial charge in [0.2, 0.25) is 0 Å². The van der Waals surface area contributed by atoms with Crippen molar-refractivity contribution in [1.82, 2.24) is 0 Å². The highest BCUT2D eigenvalue weighted by Gasteiger charge is 2.54. The first-order valence-corrected chi connectivity index (χ1v) is 8.44. The Morgan fingerprint density at radius 1 is 1.00 bits per heavy atom. The zero-order valence-electron chi connectivity index (χ0n) is 11.5. The average molecular weight is 311 g/mol. The number of rotatable bonds is 2. The van der Waals surface area contributed by atoms with Gasteiger partial charge in [0.05, 0.1) is 6.10 Å². The molecule has 4 saturated carbocycles. The van der Waals surface area contributed by atoms with E-state index in [2.05, 4.69) is 0 Å². The molecule has 1 nitrogen and oxygen atoms in total. The summed E-state index contributed by atoms with van der Waals surface area (Å²) < 4.78 is 0. The van der Waals surface area contributed by atoms with E-state index in [9.17, 15) is 5.11 Å². The maximum atomic E-state index is 11.0. The van der Waals surface area contributed by atoms with Gasteiger partial charge >= 0.3 is 0 Å². The molecule has 20 heavy (non-hydrogen) atoms. The molecule has 4 aliphatic carbocycles. The molecule has 1 aromatic rings. The molecule has 5 rings (SSSR count). The maximum absolute atomic E-state index is 11.0. The number of hydrogen-bond acceptors (Lipinski definition) is 1. The van der Waals surface area contributed by atoms with E-state index in [4.69, 9.17) is 23.2 Å². The first-order chi connectivity index (χ1) is 9.56. The number of hydrogen-bond donors (Lipinski definition) is 1. The lowest BCUT2D eigenvalue weighted by molar-refractivity contribution is -0.122. The minimum absolute atomic E-state index is 0.0756. The van der Waals surface area contributed by atoms with Gasteiger partial charge in [0, 0.05) is 15.5 Å². The molecule has 0 heterocycles. The highest BCUT2D eigenvalue weighted by atomic mass is 35.5. The standard InChI is InChI=1S/C17H20Cl2O/c18-13-1-2-14(15(19)6-13)16(20)17-7-10-3-11(8-17)5-12(4-10)9-17/h1-2,6,10-12,16,20H,3-5,7-9H2. The largest absolute Gasteiger partial charge is 0.388 e. The van der Waals surface area contributed by atoms with Gasteiger partial charge in [-0.25, -0.2) is 0 Å². The zero-order valence-corrected chi connectivity index (χ0v) is 13.0. The van der Waals surface area contributed by atoms with Crippen molar-refractivity contribution >= 4 is 23.2 Å². The molecule has 0 spiro atoms. The lowest BCUT2D eigenvalue weighted by atomic mass is 9.47. The Kier molecular flexibility index (Phi) is 3.11. The molecule has 4 bridgehead atoms. The first-order valence-electron chi connectivity index (χ1n) is 7.69. The number of benzene rings is 1. The molecule has 3 heteroatoms. The second-order valence-electron chi connectivity index (χ2n) is 7.35. The predicted molar refractivity (Wildman–Crippen MR) is 82.0 cm³/mol. The van der Waals surface area contributed by atoms with Crippen LogP contribution >= 0.6 is 23.2 Å². The van der Waals surface area contributed by atoms with Crippen LogP contribution in [0.1, 0.15) is 50.2 Å². The van der Waals surface area contributed by atoms with E-state index in [1.165, 1.54) is 38.5 Å². The second-order valence-corrected chi connectivity index (χ2v) is 8.19. The summed E-state index contributed by atoms with van der Waals surface area (Å²) in [6.45, 7) is 0. The summed E-state index contributed by atoms with van der Waals surface area (Å²) in [5.41, 5.74) is 0.949. The quantitative estimate of drug-likeness (QED) is 0.791. The van der Waals surface area contributed by atoms with Gasteiger partial charge in [0.1, 0.15) is 0 Å². The van der Waals surface area contributed by atoms with Crippen molar-refractivity contribution in [2.24, 2.45) is 23.2 Å². The van der Waals surface area contributed by atoms with E-state index in [1.807, 2.05) is 12.1 Å². The van der Waals surface area contributed by atoms with Crippen LogP contribution in [-0.4, -0.2) is 5.11 Å². The molecule has 0 amide bonds. The van der Waals surface area contributed by atoms with E-state index >= 15 is 0 Å². The Morgan fingerprint density at radius 3 is 2.05 bits per heavy atom. The van der Waals surface area contributed by atoms with Crippen LogP contribution in [0.15, 0.2) is 18.2 Å². The summed E-state index contributed by atoms with van der Waals surface area (Å²) in [6.07, 6.45) is 7.28. The molecule has 0 saturated heterocycles. The molecule has 1 N–H and O–H groups in total. The molecule has 4 fully saturated rings. The Morgan fingerprint density at radius 2 is 1.55 bits per heavy atom. The summed E-state index contributed by atoms with van der Waals surface area (Å²) in [5, 5.41) is 12.3. The van der Waals surface area contributed by atoms with Gasteiger partial charge in [-0.15, -0.1) is 0 Å². The SMILES string of the molecule is OC(c1ccc(Cl)cc1Cl)C12CC3CC(CC(C3)C1)C2. The van der Waals surface area contributed by atoms with Crippen LogP contribution in [-0.2, 0) is 0 Å². The third-order valence-corrected chi connectivity index (χ3v) is 6.49. The van der Waals surface area contributed by atoms with Crippen molar-refractivity contribution in [3.8, 4) is 0 Å². The summed E-state index contributed by atoms with van der Waals surface area (Å²) in [4.78, 5) is 0. The van der Waals surface area contributed by atoms with Crippen molar-refractivity contribution in [2.45, 2.75) is 44.6 Å². The number of aliphatic hydroxyl groups is 1. The van der Waals surface area contributed by atoms with E-state index < -0.39 is 6.10 Å². The van der Waals surface area contributed by atoms with Gasteiger partial charge in [-0.2, -0.15) is 0 Å². The molecular weight excluding hydrogens is 291 g/mol. The average Bonchev–Trinajstić information content (AvgIpc) is 2.36. The predicted octanol–water partition coefficient (Wildman–Crippen LogP) is 5.24. The van der Waals surface area contributed by atoms with Crippen LogP contribution in [0.25, 0.3) is 0 Å². The Balaban J connectivity index is 1.69. The van der Waals surface area contributed by atoms with Crippen molar-refractivity contribution < 1.29 is 5.11 Å². The number of aliphatic hydroxyl groups excluding tert-OH is 1. The summed E-state index contributed by atoms with van der Waals surface area (Å²) >= 11 is 12.3. The van der Waals surface area contributed by atoms with Gasteiger partial charge < -0.3 is 5.11 Å². The minimum atomic E-state index is -0.430. The molecule has 108 valence electrons. The van der Waals surface area contributed by atoms with Crippen molar-refractivity contribution in [3.63, 3.8) is 0 Å². The fourth-order valence-electron chi connectivity index (χ4n) is 5.57. The smallest absolute Gasteiger partial charge is 0.0860 e. The topological polar surface area (TPSA) is 20.2 Å². The third kappa shape index (κ3) is 2.01. The van der Waals surface area contributed by atoms with Crippen LogP contribution in [0.3, 0.4) is 0 Å². The Bertz CT molecular complexity index is 505. The van der Waals surface area contributed by atoms with Gasteiger partial charge in [-0.3, -0.25) is 0 Å². The molecule has 0 radical (unpaired) electrons. The van der Waals surface area contributed by atoms with E-state index in [0.717, 1.165) is 23.3 Å². The molecule has 1 unspecified atom stereocenters. The maximum Gasteiger partial charge on any atom is 0.0860 e. The zero-order chi connectivity index (χ0) is 13.9. The lowest BCUT2D eigenvalue weighted by Gasteiger charge is -2.58. The fourth-order valence-corrected chi connectivity index (χ4v) is 6.08. The van der Waals surface area contributed by atoms with Crippen LogP contribution in [0.4, 0.5) is 0 Å². The van der Waals surface area contributed by atoms with Crippen molar-refractivity contribution in [2.75, 3.05) is 0 Å². The van der Waals surface area contributed by atoms with Crippen LogP contribution in [0.2, 0.25) is 10.0 Å². The van der Waals surface area contributed by atoms with Crippen LogP contribution < -0.4 is 0 Å². The summed E-state index contributed by atoms with van der Waals surface area (Å²) in [7, 11) is 0. The molecule has 4 aliphatic rings. The van der Waals surface area contributed by atoms with Crippen LogP contribution in [0, 0.1) is 23.2 Å². The number of halogens is 2. The highest BCUT2D eigenvalue weighted by Crippen LogP contribution is 2.64. The Labute approximate surface area is 130 Å². The first kappa shape index (κ1) is 13.4. The van der Waals surface area contributed by atoms with E-state index in [1.54, 1.807) is 6.07 Å². The summed E-state index contributed by atoms with van der Waals surface area (Å²) in [6, 6.07) is 5.50. The van der Waals surface area contributed by atoms with Gasteiger partial charge in [-0.05, 0) is 74.0 Å². The van der Waals surface area contributed by atoms with Crippen molar-refractivity contribution in [3.05, 3.63) is 33.8 Å². The molecule has 0 aromatic heterocycles. The summed E-state index contributed by atoms with van der Waals surface area (Å²) in [5.74, 6) is 2.51. The molecular formula is C17H20Cl2O. The minimum Gasteiger partial charge on any atom is -0.388 e. The monoisotopic (exact) mass is 310 g/mol. The third-order valence-electron chi connectivity index (χ3n) is 5.92. The van der Waals surface area contributed by atoms with Crippen molar-refractivity contribution in [1.29, 1.82) is 0 Å². The van der Waals surface area contributed by atoms with Crippen LogP contribution in [0.5, 0.6) is 0 Å². The second kappa shape index (κ2) is 4.63. The van der Waals surface area contributed by atoms with E-state index in [0.29, 0.717) is 10.0 Å². The molecule has 1 aromatic carbocycles. The van der Waals surface area contributed by atoms with Gasteiger partial charge in [0.15, 0.2) is 0 Å². The lowest BCUT2D eigenvalue weighted by Crippen LogP contribution is -2.48. The molecule has 0 aliphatic heterocycles.